The van der Waals surface area contributed by atoms with Gasteiger partial charge in [-0.05, 0) is 18.7 Å². The number of ether oxygens (including phenoxy) is 2. The number of alkyl halides is 1. The standard InChI is InChI=1S/C20H30FN5O14P2S/c1-3-20(32)14(8-4-25-26-15(8)23-7-24-18(26)22)38-19(2,17(20)31)6-36-42(35,43)40-41(33,34)39-16-12(30)10(28)11(29)13(37-16)9(21)5-27/h3-4,7,9-14,16-17,27-32H,1,5-6H2,2H3,(H,33,34)(H,35,43)(H2,22,23,24)/t9-,10?,11?,12?,13?,14-,16?,17+,19+,20-,42?/m0/s1. The molecule has 0 aromatic carbocycles. The van der Waals surface area contributed by atoms with E-state index >= 15 is 0 Å². The maximum atomic E-state index is 14.0. The van der Waals surface area contributed by atoms with E-state index in [1.807, 2.05) is 0 Å². The normalized spacial score (nSPS) is 38.4. The first-order valence-electron chi connectivity index (χ1n) is 12.2. The van der Waals surface area contributed by atoms with Crippen molar-refractivity contribution in [3.63, 3.8) is 0 Å². The lowest BCUT2D eigenvalue weighted by Crippen LogP contribution is -2.60. The Labute approximate surface area is 246 Å². The molecule has 7 unspecified atom stereocenters. The number of nitrogen functional groups attached to an aromatic ring is 1. The van der Waals surface area contributed by atoms with Crippen LogP contribution in [0.1, 0.15) is 18.6 Å². The average molecular weight is 677 g/mol. The minimum Gasteiger partial charge on any atom is -0.393 e. The Bertz CT molecular complexity index is 1440. The molecule has 10 N–H and O–H groups in total. The van der Waals surface area contributed by atoms with Crippen LogP contribution in [0.25, 0.3) is 5.65 Å². The monoisotopic (exact) mass is 677 g/mol. The fourth-order valence-corrected chi connectivity index (χ4v) is 7.77. The van der Waals surface area contributed by atoms with Crippen LogP contribution in [0, 0.1) is 0 Å². The first kappa shape index (κ1) is 34.3. The highest BCUT2D eigenvalue weighted by atomic mass is 32.5. The molecule has 2 saturated heterocycles. The van der Waals surface area contributed by atoms with Crippen LogP contribution in [0.4, 0.5) is 10.3 Å². The summed E-state index contributed by atoms with van der Waals surface area (Å²) >= 11 is 4.77. The third-order valence-electron chi connectivity index (χ3n) is 6.89. The van der Waals surface area contributed by atoms with Gasteiger partial charge in [0.05, 0.1) is 19.4 Å². The van der Waals surface area contributed by atoms with Gasteiger partial charge in [0.25, 0.3) is 0 Å². The number of anilines is 1. The number of nitrogens with zero attached hydrogens (tertiary/aromatic N) is 4. The molecule has 242 valence electrons. The fourth-order valence-electron chi connectivity index (χ4n) is 4.62. The summed E-state index contributed by atoms with van der Waals surface area (Å²) in [6.07, 6.45) is -12.8. The summed E-state index contributed by atoms with van der Waals surface area (Å²) in [4.78, 5) is 28.5. The number of hydrogen-bond acceptors (Lipinski definition) is 17. The minimum absolute atomic E-state index is 0.0398. The molecule has 2 aliphatic heterocycles. The fraction of sp³-hybridized carbons (Fsp3) is 0.650. The molecule has 2 aromatic heterocycles. The first-order chi connectivity index (χ1) is 19.9. The zero-order chi connectivity index (χ0) is 32.1. The molecule has 0 amide bonds. The first-order valence-corrected chi connectivity index (χ1v) is 16.3. The molecule has 4 rings (SSSR count). The second-order valence-electron chi connectivity index (χ2n) is 9.91. The SMILES string of the molecule is C=C[C@]1(O)[C@H](c2cnn3c(N)ncnc23)O[C@](C)(COP(O)(=S)OP(=O)(O)OC2OC([C@@H](F)CO)C(O)C(O)C2O)[C@H]1O. The second-order valence-corrected chi connectivity index (χ2v) is 14.3. The number of phosphoric ester groups is 1. The number of nitrogens with two attached hydrogens (primary N) is 1. The molecule has 0 saturated carbocycles. The van der Waals surface area contributed by atoms with Crippen LogP contribution in [-0.4, -0.2) is 127 Å². The quantitative estimate of drug-likeness (QED) is 0.0864. The molecular formula is C20H30FN5O14P2S. The van der Waals surface area contributed by atoms with Crippen LogP contribution in [0.15, 0.2) is 25.2 Å². The van der Waals surface area contributed by atoms with Gasteiger partial charge in [-0.25, -0.2) is 23.2 Å². The highest BCUT2D eigenvalue weighted by Crippen LogP contribution is 2.62. The van der Waals surface area contributed by atoms with Crippen LogP contribution in [0.3, 0.4) is 0 Å². The topological polar surface area (TPSA) is 294 Å². The summed E-state index contributed by atoms with van der Waals surface area (Å²) in [5.74, 6) is -0.0398. The minimum atomic E-state index is -5.54. The van der Waals surface area contributed by atoms with Crippen molar-refractivity contribution < 1.29 is 72.2 Å². The van der Waals surface area contributed by atoms with Gasteiger partial charge in [-0.2, -0.15) is 9.61 Å². The van der Waals surface area contributed by atoms with Crippen molar-refractivity contribution >= 4 is 37.9 Å². The van der Waals surface area contributed by atoms with Gasteiger partial charge in [-0.1, -0.05) is 6.08 Å². The van der Waals surface area contributed by atoms with Crippen molar-refractivity contribution in [2.45, 2.75) is 67.2 Å². The Morgan fingerprint density at radius 2 is 1.95 bits per heavy atom. The van der Waals surface area contributed by atoms with E-state index < -0.39 is 88.0 Å². The van der Waals surface area contributed by atoms with Gasteiger partial charge in [-0.15, -0.1) is 6.58 Å². The molecule has 4 heterocycles. The molecule has 0 bridgehead atoms. The molecule has 0 spiro atoms. The van der Waals surface area contributed by atoms with Crippen LogP contribution in [-0.2, 0) is 39.2 Å². The number of hydrogen-bond donors (Lipinski definition) is 9. The number of aliphatic hydroxyl groups excluding tert-OH is 5. The Kier molecular flexibility index (Phi) is 9.79. The molecule has 0 radical (unpaired) electrons. The number of fused-ring (bicyclic) bond motifs is 1. The van der Waals surface area contributed by atoms with Gasteiger partial charge in [0.15, 0.2) is 18.1 Å². The number of aromatic nitrogens is 4. The zero-order valence-electron chi connectivity index (χ0n) is 22.0. The predicted molar refractivity (Wildman–Crippen MR) is 142 cm³/mol. The van der Waals surface area contributed by atoms with Crippen molar-refractivity contribution in [3.8, 4) is 0 Å². The lowest BCUT2D eigenvalue weighted by molar-refractivity contribution is -0.287. The average Bonchev–Trinajstić information content (AvgIpc) is 3.46. The van der Waals surface area contributed by atoms with Crippen LogP contribution in [0.2, 0.25) is 0 Å². The van der Waals surface area contributed by atoms with Crippen molar-refractivity contribution in [3.05, 3.63) is 30.7 Å². The molecular weight excluding hydrogens is 647 g/mol. The summed E-state index contributed by atoms with van der Waals surface area (Å²) in [6, 6.07) is 0. The Hall–Kier alpha value is -1.62. The second kappa shape index (κ2) is 12.3. The van der Waals surface area contributed by atoms with E-state index in [4.69, 9.17) is 36.6 Å². The maximum Gasteiger partial charge on any atom is 0.481 e. The van der Waals surface area contributed by atoms with E-state index in [1.165, 1.54) is 13.1 Å². The maximum absolute atomic E-state index is 14.0. The molecule has 2 aromatic rings. The molecule has 19 nitrogen and oxygen atoms in total. The summed E-state index contributed by atoms with van der Waals surface area (Å²) in [5, 5.41) is 65.3. The van der Waals surface area contributed by atoms with E-state index in [2.05, 4.69) is 30.5 Å². The molecule has 12 atom stereocenters. The van der Waals surface area contributed by atoms with E-state index in [0.717, 1.165) is 16.9 Å². The summed E-state index contributed by atoms with van der Waals surface area (Å²) < 4.78 is 52.8. The lowest BCUT2D eigenvalue weighted by Gasteiger charge is -2.41. The smallest absolute Gasteiger partial charge is 0.393 e. The number of halogens is 1. The molecule has 2 fully saturated rings. The van der Waals surface area contributed by atoms with Crippen LogP contribution >= 0.6 is 14.5 Å². The van der Waals surface area contributed by atoms with Crippen molar-refractivity contribution in [2.75, 3.05) is 18.9 Å². The number of aliphatic hydroxyl groups is 6. The van der Waals surface area contributed by atoms with Gasteiger partial charge in [0, 0.05) is 5.56 Å². The van der Waals surface area contributed by atoms with Crippen LogP contribution in [0.5, 0.6) is 0 Å². The van der Waals surface area contributed by atoms with E-state index in [-0.39, 0.29) is 17.2 Å². The van der Waals surface area contributed by atoms with E-state index in [1.54, 1.807) is 0 Å². The summed E-state index contributed by atoms with van der Waals surface area (Å²) in [6.45, 7) is -2.03. The van der Waals surface area contributed by atoms with Crippen LogP contribution < -0.4 is 5.73 Å². The third kappa shape index (κ3) is 6.54. The molecule has 2 aliphatic rings. The van der Waals surface area contributed by atoms with Crippen molar-refractivity contribution in [1.29, 1.82) is 0 Å². The van der Waals surface area contributed by atoms with Gasteiger partial charge >= 0.3 is 14.5 Å². The summed E-state index contributed by atoms with van der Waals surface area (Å²) in [5.41, 5.74) is 1.96. The van der Waals surface area contributed by atoms with Gasteiger partial charge < -0.3 is 60.2 Å². The molecule has 43 heavy (non-hydrogen) atoms. The summed E-state index contributed by atoms with van der Waals surface area (Å²) in [7, 11) is -5.54. The number of rotatable bonds is 11. The predicted octanol–water partition coefficient (Wildman–Crippen LogP) is -2.68. The Morgan fingerprint density at radius 1 is 1.28 bits per heavy atom. The zero-order valence-corrected chi connectivity index (χ0v) is 24.7. The Balaban J connectivity index is 1.48. The highest BCUT2D eigenvalue weighted by Gasteiger charge is 2.61. The third-order valence-corrected chi connectivity index (χ3v) is 10.4. The number of phosphoric acid groups is 1. The van der Waals surface area contributed by atoms with E-state index in [0.29, 0.717) is 0 Å². The van der Waals surface area contributed by atoms with E-state index in [9.17, 15) is 44.3 Å². The molecule has 0 aliphatic carbocycles. The van der Waals surface area contributed by atoms with Gasteiger partial charge in [0.2, 0.25) is 5.95 Å². The van der Waals surface area contributed by atoms with Gasteiger partial charge in [-0.3, -0.25) is 4.52 Å². The van der Waals surface area contributed by atoms with Crippen molar-refractivity contribution in [2.24, 2.45) is 0 Å². The van der Waals surface area contributed by atoms with Crippen molar-refractivity contribution in [1.82, 2.24) is 19.6 Å². The Morgan fingerprint density at radius 3 is 2.58 bits per heavy atom. The largest absolute Gasteiger partial charge is 0.481 e. The molecule has 23 heteroatoms. The highest BCUT2D eigenvalue weighted by molar-refractivity contribution is 8.08. The van der Waals surface area contributed by atoms with Gasteiger partial charge in [0.1, 0.15) is 54.2 Å². The lowest BCUT2D eigenvalue weighted by atomic mass is 9.84.